The van der Waals surface area contributed by atoms with Crippen LogP contribution in [0.25, 0.3) is 11.1 Å². The molecule has 6 nitrogen and oxygen atoms in total. The molecule has 0 saturated heterocycles. The van der Waals surface area contributed by atoms with E-state index in [1.807, 2.05) is 91.0 Å². The summed E-state index contributed by atoms with van der Waals surface area (Å²) in [7, 11) is 1.60. The minimum absolute atomic E-state index is 0.114. The van der Waals surface area contributed by atoms with Crippen LogP contribution in [-0.2, 0) is 11.3 Å². The molecule has 1 aliphatic rings. The second-order valence-corrected chi connectivity index (χ2v) is 9.52. The summed E-state index contributed by atoms with van der Waals surface area (Å²) in [6.07, 6.45) is 3.84. The molecule has 4 aromatic carbocycles. The largest absolute Gasteiger partial charge is 0.497 e. The van der Waals surface area contributed by atoms with E-state index in [-0.39, 0.29) is 43.4 Å². The molecule has 1 unspecified atom stereocenters. The first-order valence-electron chi connectivity index (χ1n) is 13.1. The summed E-state index contributed by atoms with van der Waals surface area (Å²) in [6, 6.07) is 30.3. The maximum Gasteiger partial charge on any atom is 0.322 e. The summed E-state index contributed by atoms with van der Waals surface area (Å²) in [6.45, 7) is 0.409. The van der Waals surface area contributed by atoms with Crippen LogP contribution in [0.1, 0.15) is 17.2 Å². The van der Waals surface area contributed by atoms with Crippen LogP contribution in [0, 0.1) is 5.82 Å². The van der Waals surface area contributed by atoms with Crippen molar-refractivity contribution in [1.29, 1.82) is 0 Å². The number of ether oxygens (including phenoxy) is 1. The Morgan fingerprint density at radius 1 is 0.925 bits per heavy atom. The van der Waals surface area contributed by atoms with Gasteiger partial charge in [0.2, 0.25) is 5.91 Å². The van der Waals surface area contributed by atoms with Crippen molar-refractivity contribution in [3.05, 3.63) is 132 Å². The highest BCUT2D eigenvalue weighted by molar-refractivity contribution is 5.96. The summed E-state index contributed by atoms with van der Waals surface area (Å²) < 4.78 is 18.9. The Balaban J connectivity index is 1.41. The van der Waals surface area contributed by atoms with Crippen LogP contribution >= 0.6 is 0 Å². The molecule has 1 heterocycles. The van der Waals surface area contributed by atoms with Gasteiger partial charge in [0.05, 0.1) is 18.8 Å². The zero-order chi connectivity index (χ0) is 27.9. The van der Waals surface area contributed by atoms with Gasteiger partial charge in [-0.25, -0.2) is 9.18 Å². The summed E-state index contributed by atoms with van der Waals surface area (Å²) in [5.41, 5.74) is 4.23. The van der Waals surface area contributed by atoms with Crippen LogP contribution in [0.5, 0.6) is 5.75 Å². The number of amides is 3. The van der Waals surface area contributed by atoms with Crippen molar-refractivity contribution in [3.8, 4) is 16.9 Å². The van der Waals surface area contributed by atoms with Crippen LogP contribution in [0.4, 0.5) is 14.9 Å². The van der Waals surface area contributed by atoms with Crippen molar-refractivity contribution in [1.82, 2.24) is 9.80 Å². The van der Waals surface area contributed by atoms with E-state index >= 15 is 0 Å². The van der Waals surface area contributed by atoms with Gasteiger partial charge in [-0.3, -0.25) is 4.79 Å². The molecule has 202 valence electrons. The molecule has 1 atom stereocenters. The molecule has 0 bridgehead atoms. The van der Waals surface area contributed by atoms with Crippen LogP contribution in [-0.4, -0.2) is 41.9 Å². The number of anilines is 1. The Morgan fingerprint density at radius 2 is 1.62 bits per heavy atom. The zero-order valence-electron chi connectivity index (χ0n) is 22.2. The lowest BCUT2D eigenvalue weighted by Crippen LogP contribution is -2.46. The van der Waals surface area contributed by atoms with Crippen molar-refractivity contribution in [2.75, 3.05) is 25.5 Å². The van der Waals surface area contributed by atoms with Crippen molar-refractivity contribution in [2.24, 2.45) is 0 Å². The fourth-order valence-electron chi connectivity index (χ4n) is 4.77. The molecule has 0 saturated carbocycles. The number of benzene rings is 4. The molecule has 5 rings (SSSR count). The van der Waals surface area contributed by atoms with E-state index in [2.05, 4.69) is 5.32 Å². The number of carbonyl (C=O) groups excluding carboxylic acids is 2. The lowest BCUT2D eigenvalue weighted by Gasteiger charge is -2.34. The second kappa shape index (κ2) is 12.3. The molecule has 0 radical (unpaired) electrons. The van der Waals surface area contributed by atoms with Crippen molar-refractivity contribution in [2.45, 2.75) is 12.6 Å². The molecule has 40 heavy (non-hydrogen) atoms. The third-order valence-corrected chi connectivity index (χ3v) is 6.89. The summed E-state index contributed by atoms with van der Waals surface area (Å²) >= 11 is 0. The molecule has 7 heteroatoms. The number of para-hydroxylation sites is 1. The normalized spacial score (nSPS) is 16.1. The minimum atomic E-state index is -0.369. The summed E-state index contributed by atoms with van der Waals surface area (Å²) in [4.78, 5) is 30.4. The van der Waals surface area contributed by atoms with E-state index in [9.17, 15) is 14.0 Å². The maximum absolute atomic E-state index is 13.8. The van der Waals surface area contributed by atoms with Gasteiger partial charge in [0.25, 0.3) is 0 Å². The quantitative estimate of drug-likeness (QED) is 0.280. The Bertz CT molecular complexity index is 1490. The van der Waals surface area contributed by atoms with E-state index < -0.39 is 0 Å². The van der Waals surface area contributed by atoms with E-state index in [1.165, 1.54) is 17.0 Å². The van der Waals surface area contributed by atoms with Gasteiger partial charge in [-0.05, 0) is 47.0 Å². The fraction of sp³-hybridized carbons (Fsp3) is 0.152. The molecule has 0 aromatic heterocycles. The summed E-state index contributed by atoms with van der Waals surface area (Å²) in [5, 5.41) is 3.00. The van der Waals surface area contributed by atoms with Crippen molar-refractivity contribution < 1.29 is 18.7 Å². The van der Waals surface area contributed by atoms with E-state index in [0.717, 1.165) is 22.3 Å². The molecule has 0 aliphatic carbocycles. The molecule has 0 fully saturated rings. The Morgan fingerprint density at radius 3 is 2.35 bits per heavy atom. The molecule has 1 N–H and O–H groups in total. The highest BCUT2D eigenvalue weighted by Crippen LogP contribution is 2.30. The number of nitrogens with one attached hydrogen (secondary N) is 1. The van der Waals surface area contributed by atoms with Gasteiger partial charge in [0.1, 0.15) is 18.1 Å². The minimum Gasteiger partial charge on any atom is -0.497 e. The smallest absolute Gasteiger partial charge is 0.322 e. The third-order valence-electron chi connectivity index (χ3n) is 6.89. The first-order chi connectivity index (χ1) is 19.5. The Kier molecular flexibility index (Phi) is 8.21. The van der Waals surface area contributed by atoms with Gasteiger partial charge in [-0.2, -0.15) is 0 Å². The SMILES string of the molecule is COc1ccc(C2/C=C\CN(C(=O)Nc3ccccc3-c3ccccc3)CC(=O)N2Cc2ccc(F)cc2)cc1. The highest BCUT2D eigenvalue weighted by atomic mass is 19.1. The first kappa shape index (κ1) is 26.7. The highest BCUT2D eigenvalue weighted by Gasteiger charge is 2.29. The molecule has 0 spiro atoms. The third kappa shape index (κ3) is 6.21. The number of hydrogen-bond acceptors (Lipinski definition) is 3. The van der Waals surface area contributed by atoms with Gasteiger partial charge >= 0.3 is 6.03 Å². The maximum atomic E-state index is 13.8. The predicted octanol–water partition coefficient (Wildman–Crippen LogP) is 6.68. The van der Waals surface area contributed by atoms with E-state index in [0.29, 0.717) is 11.4 Å². The van der Waals surface area contributed by atoms with Crippen LogP contribution in [0.3, 0.4) is 0 Å². The number of urea groups is 1. The molecular weight excluding hydrogens is 505 g/mol. The zero-order valence-corrected chi connectivity index (χ0v) is 22.2. The lowest BCUT2D eigenvalue weighted by molar-refractivity contribution is -0.134. The molecule has 4 aromatic rings. The topological polar surface area (TPSA) is 61.9 Å². The van der Waals surface area contributed by atoms with Crippen LogP contribution < -0.4 is 10.1 Å². The van der Waals surface area contributed by atoms with Gasteiger partial charge < -0.3 is 19.9 Å². The Hall–Kier alpha value is -4.91. The first-order valence-corrected chi connectivity index (χ1v) is 13.1. The number of rotatable bonds is 6. The fourth-order valence-corrected chi connectivity index (χ4v) is 4.77. The van der Waals surface area contributed by atoms with Gasteiger partial charge in [0.15, 0.2) is 0 Å². The Labute approximate surface area is 233 Å². The number of methoxy groups -OCH3 is 1. The van der Waals surface area contributed by atoms with E-state index in [4.69, 9.17) is 4.74 Å². The number of hydrogen-bond donors (Lipinski definition) is 1. The molecule has 3 amide bonds. The number of nitrogens with zero attached hydrogens (tertiary/aromatic N) is 2. The van der Waals surface area contributed by atoms with Gasteiger partial charge in [0, 0.05) is 18.7 Å². The summed E-state index contributed by atoms with van der Waals surface area (Å²) in [5.74, 6) is 0.155. The molecule has 1 aliphatic heterocycles. The lowest BCUT2D eigenvalue weighted by atomic mass is 10.0. The number of halogens is 1. The van der Waals surface area contributed by atoms with Gasteiger partial charge in [-0.15, -0.1) is 0 Å². The number of carbonyl (C=O) groups is 2. The van der Waals surface area contributed by atoms with E-state index in [1.54, 1.807) is 24.1 Å². The van der Waals surface area contributed by atoms with Crippen molar-refractivity contribution >= 4 is 17.6 Å². The van der Waals surface area contributed by atoms with Crippen LogP contribution in [0.15, 0.2) is 115 Å². The van der Waals surface area contributed by atoms with Crippen molar-refractivity contribution in [3.63, 3.8) is 0 Å². The van der Waals surface area contributed by atoms with Crippen LogP contribution in [0.2, 0.25) is 0 Å². The molecular formula is C33H30FN3O3. The monoisotopic (exact) mass is 535 g/mol. The predicted molar refractivity (Wildman–Crippen MR) is 154 cm³/mol. The average molecular weight is 536 g/mol. The second-order valence-electron chi connectivity index (χ2n) is 9.52. The van der Waals surface area contributed by atoms with Gasteiger partial charge in [-0.1, -0.05) is 84.9 Å². The standard InChI is InChI=1S/C33H30FN3O3/c1-40-28-19-15-26(16-20-28)31-12-7-21-36(23-32(38)37(31)22-24-13-17-27(34)18-14-24)33(39)35-30-11-6-5-10-29(30)25-8-3-2-4-9-25/h2-20,31H,21-23H2,1H3,(H,35,39)/b12-7-. The average Bonchev–Trinajstić information content (AvgIpc) is 2.98.